The smallest absolute Gasteiger partial charge is 0.143 e. The summed E-state index contributed by atoms with van der Waals surface area (Å²) in [5.41, 5.74) is 7.18. The van der Waals surface area contributed by atoms with Gasteiger partial charge in [0.1, 0.15) is 10.7 Å². The van der Waals surface area contributed by atoms with Crippen LogP contribution in [0.25, 0.3) is 0 Å². The molecule has 0 aliphatic carbocycles. The summed E-state index contributed by atoms with van der Waals surface area (Å²) in [5, 5.41) is 8.09. The molecule has 0 aliphatic rings. The zero-order chi connectivity index (χ0) is 12.1. The van der Waals surface area contributed by atoms with Crippen LogP contribution in [0.15, 0.2) is 0 Å². The molecule has 0 saturated carbocycles. The molecule has 1 aromatic rings. The Morgan fingerprint density at radius 3 is 2.75 bits per heavy atom. The Morgan fingerprint density at radius 2 is 2.25 bits per heavy atom. The minimum absolute atomic E-state index is 0.293. The molecule has 0 bridgehead atoms. The molecule has 1 aromatic heterocycles. The largest absolute Gasteiger partial charge is 0.388 e. The van der Waals surface area contributed by atoms with Gasteiger partial charge in [0.05, 0.1) is 12.3 Å². The van der Waals surface area contributed by atoms with Crippen LogP contribution in [-0.2, 0) is 17.7 Å². The maximum atomic E-state index is 5.61. The topological polar surface area (TPSA) is 66.0 Å². The SMILES string of the molecule is COCCc1c(C(N)=S)nnn1CC(C)C. The second-order valence-corrected chi connectivity index (χ2v) is 4.51. The zero-order valence-corrected chi connectivity index (χ0v) is 10.8. The van der Waals surface area contributed by atoms with Crippen molar-refractivity contribution in [2.45, 2.75) is 26.8 Å². The van der Waals surface area contributed by atoms with Crippen LogP contribution in [0.1, 0.15) is 25.2 Å². The normalized spacial score (nSPS) is 11.0. The van der Waals surface area contributed by atoms with E-state index in [2.05, 4.69) is 24.2 Å². The van der Waals surface area contributed by atoms with Crippen molar-refractivity contribution in [2.75, 3.05) is 13.7 Å². The van der Waals surface area contributed by atoms with Crippen molar-refractivity contribution in [2.24, 2.45) is 11.7 Å². The van der Waals surface area contributed by atoms with Gasteiger partial charge in [0, 0.05) is 20.1 Å². The van der Waals surface area contributed by atoms with E-state index < -0.39 is 0 Å². The highest BCUT2D eigenvalue weighted by Crippen LogP contribution is 2.09. The van der Waals surface area contributed by atoms with E-state index in [0.29, 0.717) is 23.2 Å². The Kier molecular flexibility index (Phi) is 4.82. The molecule has 0 aliphatic heterocycles. The maximum absolute atomic E-state index is 5.61. The molecule has 0 unspecified atom stereocenters. The van der Waals surface area contributed by atoms with Crippen molar-refractivity contribution < 1.29 is 4.74 Å². The molecule has 16 heavy (non-hydrogen) atoms. The summed E-state index contributed by atoms with van der Waals surface area (Å²) in [5.74, 6) is 0.502. The van der Waals surface area contributed by atoms with E-state index in [-0.39, 0.29) is 0 Å². The van der Waals surface area contributed by atoms with Crippen molar-refractivity contribution in [1.29, 1.82) is 0 Å². The minimum Gasteiger partial charge on any atom is -0.388 e. The molecule has 1 heterocycles. The summed E-state index contributed by atoms with van der Waals surface area (Å²) in [4.78, 5) is 0.293. The second kappa shape index (κ2) is 5.91. The fourth-order valence-electron chi connectivity index (χ4n) is 1.46. The van der Waals surface area contributed by atoms with Crippen LogP contribution in [-0.4, -0.2) is 33.7 Å². The Hall–Kier alpha value is -1.01. The number of methoxy groups -OCH3 is 1. The number of aromatic nitrogens is 3. The van der Waals surface area contributed by atoms with Gasteiger partial charge in [-0.25, -0.2) is 4.68 Å². The highest BCUT2D eigenvalue weighted by Gasteiger charge is 2.15. The number of hydrogen-bond donors (Lipinski definition) is 1. The van der Waals surface area contributed by atoms with E-state index in [1.165, 1.54) is 0 Å². The number of nitrogens with zero attached hydrogens (tertiary/aromatic N) is 3. The molecule has 0 atom stereocenters. The van der Waals surface area contributed by atoms with Crippen molar-refractivity contribution in [3.63, 3.8) is 0 Å². The molecule has 5 nitrogen and oxygen atoms in total. The van der Waals surface area contributed by atoms with Gasteiger partial charge in [-0.1, -0.05) is 31.3 Å². The molecule has 90 valence electrons. The number of thiocarbonyl (C=S) groups is 1. The van der Waals surface area contributed by atoms with Crippen LogP contribution in [0.4, 0.5) is 0 Å². The van der Waals surface area contributed by atoms with Gasteiger partial charge in [0.25, 0.3) is 0 Å². The third-order valence-corrected chi connectivity index (χ3v) is 2.35. The first-order chi connectivity index (χ1) is 7.56. The van der Waals surface area contributed by atoms with Crippen molar-refractivity contribution in [3.05, 3.63) is 11.4 Å². The van der Waals surface area contributed by atoms with Gasteiger partial charge in [0.15, 0.2) is 0 Å². The lowest BCUT2D eigenvalue weighted by molar-refractivity contribution is 0.199. The average molecular weight is 242 g/mol. The third kappa shape index (κ3) is 3.24. The Balaban J connectivity index is 2.94. The molecule has 0 spiro atoms. The van der Waals surface area contributed by atoms with E-state index in [4.69, 9.17) is 22.7 Å². The van der Waals surface area contributed by atoms with Crippen LogP contribution in [0.5, 0.6) is 0 Å². The molecule has 1 rings (SSSR count). The predicted molar refractivity (Wildman–Crippen MR) is 66.3 cm³/mol. The first-order valence-electron chi connectivity index (χ1n) is 5.27. The van der Waals surface area contributed by atoms with Crippen molar-refractivity contribution >= 4 is 17.2 Å². The molecule has 0 amide bonds. The molecular formula is C10H18N4OS. The van der Waals surface area contributed by atoms with E-state index in [1.54, 1.807) is 7.11 Å². The van der Waals surface area contributed by atoms with Crippen LogP contribution in [0.3, 0.4) is 0 Å². The molecule has 6 heteroatoms. The number of hydrogen-bond acceptors (Lipinski definition) is 4. The van der Waals surface area contributed by atoms with Gasteiger partial charge in [-0.15, -0.1) is 5.10 Å². The fourth-order valence-corrected chi connectivity index (χ4v) is 1.62. The summed E-state index contributed by atoms with van der Waals surface area (Å²) in [6.07, 6.45) is 0.725. The standard InChI is InChI=1S/C10H18N4OS/c1-7(2)6-14-8(4-5-15-3)9(10(11)16)12-13-14/h7H,4-6H2,1-3H3,(H2,11,16). The van der Waals surface area contributed by atoms with Gasteiger partial charge >= 0.3 is 0 Å². The molecule has 0 saturated heterocycles. The Labute approximate surface area is 101 Å². The number of nitrogens with two attached hydrogens (primary N) is 1. The molecule has 2 N–H and O–H groups in total. The predicted octanol–water partition coefficient (Wildman–Crippen LogP) is 0.757. The fraction of sp³-hybridized carbons (Fsp3) is 0.700. The quantitative estimate of drug-likeness (QED) is 0.746. The minimum atomic E-state index is 0.293. The first kappa shape index (κ1) is 13.1. The summed E-state index contributed by atoms with van der Waals surface area (Å²) in [6.45, 7) is 5.68. The van der Waals surface area contributed by atoms with Gasteiger partial charge in [-0.05, 0) is 5.92 Å². The summed E-state index contributed by atoms with van der Waals surface area (Å²) < 4.78 is 6.92. The maximum Gasteiger partial charge on any atom is 0.143 e. The van der Waals surface area contributed by atoms with Crippen molar-refractivity contribution in [3.8, 4) is 0 Å². The first-order valence-corrected chi connectivity index (χ1v) is 5.68. The van der Waals surface area contributed by atoms with E-state index in [1.807, 2.05) is 4.68 Å². The lowest BCUT2D eigenvalue weighted by atomic mass is 10.2. The highest BCUT2D eigenvalue weighted by molar-refractivity contribution is 7.80. The van der Waals surface area contributed by atoms with E-state index in [9.17, 15) is 0 Å². The highest BCUT2D eigenvalue weighted by atomic mass is 32.1. The molecule has 0 aromatic carbocycles. The Bertz CT molecular complexity index is 362. The number of ether oxygens (including phenoxy) is 1. The van der Waals surface area contributed by atoms with Crippen LogP contribution in [0.2, 0.25) is 0 Å². The summed E-state index contributed by atoms with van der Waals surface area (Å²) >= 11 is 4.95. The lowest BCUT2D eigenvalue weighted by Crippen LogP contribution is -2.16. The van der Waals surface area contributed by atoms with Crippen molar-refractivity contribution in [1.82, 2.24) is 15.0 Å². The second-order valence-electron chi connectivity index (χ2n) is 4.07. The van der Waals surface area contributed by atoms with E-state index >= 15 is 0 Å². The molecule has 0 radical (unpaired) electrons. The van der Waals surface area contributed by atoms with E-state index in [0.717, 1.165) is 18.7 Å². The Morgan fingerprint density at radius 1 is 1.56 bits per heavy atom. The lowest BCUT2D eigenvalue weighted by Gasteiger charge is -2.09. The monoisotopic (exact) mass is 242 g/mol. The van der Waals surface area contributed by atoms with Gasteiger partial charge < -0.3 is 10.5 Å². The number of rotatable bonds is 6. The van der Waals surface area contributed by atoms with Gasteiger partial charge in [-0.3, -0.25) is 0 Å². The van der Waals surface area contributed by atoms with Crippen LogP contribution in [0, 0.1) is 5.92 Å². The van der Waals surface area contributed by atoms with Gasteiger partial charge in [-0.2, -0.15) is 0 Å². The van der Waals surface area contributed by atoms with Crippen LogP contribution >= 0.6 is 12.2 Å². The zero-order valence-electron chi connectivity index (χ0n) is 9.93. The summed E-state index contributed by atoms with van der Waals surface area (Å²) in [7, 11) is 1.66. The molecular weight excluding hydrogens is 224 g/mol. The van der Waals surface area contributed by atoms with Crippen LogP contribution < -0.4 is 5.73 Å². The third-order valence-electron chi connectivity index (χ3n) is 2.15. The average Bonchev–Trinajstić information content (AvgIpc) is 2.57. The summed E-state index contributed by atoms with van der Waals surface area (Å²) in [6, 6.07) is 0. The van der Waals surface area contributed by atoms with Gasteiger partial charge in [0.2, 0.25) is 0 Å². The molecule has 0 fully saturated rings.